The normalized spacial score (nSPS) is 11.4. The fourth-order valence-corrected chi connectivity index (χ4v) is 3.42. The van der Waals surface area contributed by atoms with Crippen LogP contribution >= 0.6 is 0 Å². The van der Waals surface area contributed by atoms with Crippen molar-refractivity contribution in [2.24, 2.45) is 0 Å². The van der Waals surface area contributed by atoms with Gasteiger partial charge in [-0.1, -0.05) is 0 Å². The second kappa shape index (κ2) is 6.84. The van der Waals surface area contributed by atoms with E-state index in [0.29, 0.717) is 11.3 Å². The third-order valence-corrected chi connectivity index (χ3v) is 4.85. The lowest BCUT2D eigenvalue weighted by molar-refractivity contribution is 0.0697. The van der Waals surface area contributed by atoms with Crippen LogP contribution in [0.4, 0.5) is 5.69 Å². The molecule has 0 bridgehead atoms. The second-order valence-electron chi connectivity index (χ2n) is 4.87. The fourth-order valence-electron chi connectivity index (χ4n) is 1.98. The Morgan fingerprint density at radius 2 is 1.96 bits per heavy atom. The summed E-state index contributed by atoms with van der Waals surface area (Å²) in [5.74, 6) is -1.08. The lowest BCUT2D eigenvalue weighted by Gasteiger charge is -2.23. The first-order chi connectivity index (χ1) is 10.9. The van der Waals surface area contributed by atoms with Gasteiger partial charge in [-0.25, -0.2) is 4.79 Å². The average Bonchev–Trinajstić information content (AvgIpc) is 2.95. The van der Waals surface area contributed by atoms with Crippen LogP contribution in [-0.2, 0) is 14.8 Å². The summed E-state index contributed by atoms with van der Waals surface area (Å²) in [5, 5.41) is 8.76. The maximum Gasteiger partial charge on any atom is 0.335 e. The minimum atomic E-state index is -3.90. The number of nitrogens with zero attached hydrogens (tertiary/aromatic N) is 1. The van der Waals surface area contributed by atoms with Gasteiger partial charge in [0.05, 0.1) is 30.7 Å². The van der Waals surface area contributed by atoms with Gasteiger partial charge in [0.25, 0.3) is 10.0 Å². The van der Waals surface area contributed by atoms with Crippen LogP contribution in [0.3, 0.4) is 0 Å². The summed E-state index contributed by atoms with van der Waals surface area (Å²) in [7, 11) is -2.43. The lowest BCUT2D eigenvalue weighted by Crippen LogP contribution is -2.33. The number of anilines is 1. The SMILES string of the molecule is COCCN(c1ccc(C(=O)O)cc1)S(=O)(=O)c1cc(C)co1. The Bertz CT molecular complexity index is 779. The third kappa shape index (κ3) is 3.72. The van der Waals surface area contributed by atoms with Crippen molar-refractivity contribution in [3.8, 4) is 0 Å². The molecule has 0 amide bonds. The largest absolute Gasteiger partial charge is 0.478 e. The van der Waals surface area contributed by atoms with Crippen molar-refractivity contribution in [3.63, 3.8) is 0 Å². The number of furan rings is 1. The Morgan fingerprint density at radius 3 is 2.43 bits per heavy atom. The number of carboxylic acids is 1. The first kappa shape index (κ1) is 17.0. The van der Waals surface area contributed by atoms with E-state index in [9.17, 15) is 13.2 Å². The second-order valence-corrected chi connectivity index (χ2v) is 6.66. The molecule has 0 saturated carbocycles. The van der Waals surface area contributed by atoms with E-state index in [1.54, 1.807) is 6.92 Å². The van der Waals surface area contributed by atoms with Crippen molar-refractivity contribution in [2.75, 3.05) is 24.6 Å². The van der Waals surface area contributed by atoms with Crippen LogP contribution in [0.15, 0.2) is 46.1 Å². The maximum absolute atomic E-state index is 12.7. The highest BCUT2D eigenvalue weighted by Gasteiger charge is 2.28. The first-order valence-electron chi connectivity index (χ1n) is 6.76. The summed E-state index contributed by atoms with van der Waals surface area (Å²) < 4.78 is 36.7. The quantitative estimate of drug-likeness (QED) is 0.830. The van der Waals surface area contributed by atoms with Gasteiger partial charge in [-0.05, 0) is 36.8 Å². The van der Waals surface area contributed by atoms with Crippen LogP contribution in [0.1, 0.15) is 15.9 Å². The molecular weight excluding hydrogens is 322 g/mol. The molecule has 0 unspecified atom stereocenters. The molecule has 1 aromatic heterocycles. The lowest BCUT2D eigenvalue weighted by atomic mass is 10.2. The van der Waals surface area contributed by atoms with Crippen LogP contribution in [0, 0.1) is 6.92 Å². The van der Waals surface area contributed by atoms with Crippen LogP contribution in [-0.4, -0.2) is 39.8 Å². The minimum Gasteiger partial charge on any atom is -0.478 e. The van der Waals surface area contributed by atoms with E-state index in [1.807, 2.05) is 0 Å². The highest BCUT2D eigenvalue weighted by molar-refractivity contribution is 7.92. The Labute approximate surface area is 134 Å². The van der Waals surface area contributed by atoms with Crippen molar-refractivity contribution in [2.45, 2.75) is 12.0 Å². The molecular formula is C15H17NO6S. The summed E-state index contributed by atoms with van der Waals surface area (Å²) in [4.78, 5) is 10.9. The number of aryl methyl sites for hydroxylation is 1. The Morgan fingerprint density at radius 1 is 1.30 bits per heavy atom. The zero-order chi connectivity index (χ0) is 17.0. The van der Waals surface area contributed by atoms with Crippen molar-refractivity contribution in [1.82, 2.24) is 0 Å². The maximum atomic E-state index is 12.7. The van der Waals surface area contributed by atoms with E-state index in [-0.39, 0.29) is 23.8 Å². The molecule has 0 aliphatic rings. The molecule has 1 N–H and O–H groups in total. The molecule has 2 rings (SSSR count). The van der Waals surface area contributed by atoms with E-state index in [4.69, 9.17) is 14.3 Å². The third-order valence-electron chi connectivity index (χ3n) is 3.15. The molecule has 124 valence electrons. The molecule has 7 nitrogen and oxygen atoms in total. The summed E-state index contributed by atoms with van der Waals surface area (Å²) in [6.07, 6.45) is 1.36. The van der Waals surface area contributed by atoms with Gasteiger partial charge in [-0.2, -0.15) is 8.42 Å². The molecule has 1 aromatic carbocycles. The molecule has 0 fully saturated rings. The molecule has 0 atom stereocenters. The van der Waals surface area contributed by atoms with Crippen LogP contribution < -0.4 is 4.31 Å². The van der Waals surface area contributed by atoms with Gasteiger partial charge in [-0.15, -0.1) is 0 Å². The Hall–Kier alpha value is -2.32. The molecule has 8 heteroatoms. The van der Waals surface area contributed by atoms with E-state index < -0.39 is 16.0 Å². The smallest absolute Gasteiger partial charge is 0.335 e. The topological polar surface area (TPSA) is 97.0 Å². The zero-order valence-electron chi connectivity index (χ0n) is 12.7. The molecule has 1 heterocycles. The molecule has 0 aliphatic heterocycles. The van der Waals surface area contributed by atoms with Crippen molar-refractivity contribution in [1.29, 1.82) is 0 Å². The number of rotatable bonds is 7. The number of benzene rings is 1. The van der Waals surface area contributed by atoms with E-state index in [1.165, 1.54) is 43.7 Å². The number of carbonyl (C=O) groups is 1. The van der Waals surface area contributed by atoms with Crippen LogP contribution in [0.2, 0.25) is 0 Å². The highest BCUT2D eigenvalue weighted by atomic mass is 32.2. The number of hydrogen-bond donors (Lipinski definition) is 1. The number of carboxylic acid groups (broad SMARTS) is 1. The number of methoxy groups -OCH3 is 1. The molecule has 0 aliphatic carbocycles. The molecule has 0 radical (unpaired) electrons. The summed E-state index contributed by atoms with van der Waals surface area (Å²) in [5.41, 5.74) is 1.10. The molecule has 0 saturated heterocycles. The molecule has 2 aromatic rings. The number of ether oxygens (including phenoxy) is 1. The Balaban J connectivity index is 2.42. The zero-order valence-corrected chi connectivity index (χ0v) is 13.5. The number of sulfonamides is 1. The van der Waals surface area contributed by atoms with Gasteiger partial charge in [0, 0.05) is 13.2 Å². The first-order valence-corrected chi connectivity index (χ1v) is 8.20. The van der Waals surface area contributed by atoms with Gasteiger partial charge in [0.15, 0.2) is 0 Å². The van der Waals surface area contributed by atoms with Gasteiger partial charge >= 0.3 is 5.97 Å². The Kier molecular flexibility index (Phi) is 5.07. The summed E-state index contributed by atoms with van der Waals surface area (Å²) in [6, 6.07) is 7.00. The summed E-state index contributed by atoms with van der Waals surface area (Å²) in [6.45, 7) is 1.98. The van der Waals surface area contributed by atoms with Crippen molar-refractivity contribution >= 4 is 21.7 Å². The van der Waals surface area contributed by atoms with E-state index in [0.717, 1.165) is 4.31 Å². The van der Waals surface area contributed by atoms with Crippen LogP contribution in [0.5, 0.6) is 0 Å². The highest BCUT2D eigenvalue weighted by Crippen LogP contribution is 2.25. The number of aromatic carboxylic acids is 1. The van der Waals surface area contributed by atoms with Gasteiger partial charge in [0.1, 0.15) is 0 Å². The van der Waals surface area contributed by atoms with E-state index >= 15 is 0 Å². The van der Waals surface area contributed by atoms with Crippen LogP contribution in [0.25, 0.3) is 0 Å². The average molecular weight is 339 g/mol. The number of hydrogen-bond acceptors (Lipinski definition) is 5. The van der Waals surface area contributed by atoms with Gasteiger partial charge < -0.3 is 14.3 Å². The molecule has 0 spiro atoms. The molecule has 23 heavy (non-hydrogen) atoms. The van der Waals surface area contributed by atoms with E-state index in [2.05, 4.69) is 0 Å². The predicted octanol–water partition coefficient (Wildman–Crippen LogP) is 2.13. The predicted molar refractivity (Wildman–Crippen MR) is 83.3 cm³/mol. The van der Waals surface area contributed by atoms with Gasteiger partial charge in [0.2, 0.25) is 5.09 Å². The van der Waals surface area contributed by atoms with Crippen molar-refractivity contribution in [3.05, 3.63) is 47.7 Å². The summed E-state index contributed by atoms with van der Waals surface area (Å²) >= 11 is 0. The van der Waals surface area contributed by atoms with Crippen molar-refractivity contribution < 1.29 is 27.5 Å². The minimum absolute atomic E-state index is 0.0744. The fraction of sp³-hybridized carbons (Fsp3) is 0.267. The monoisotopic (exact) mass is 339 g/mol. The standard InChI is InChI=1S/C15H17NO6S/c1-11-9-14(22-10-11)23(19,20)16(7-8-21-2)13-5-3-12(4-6-13)15(17)18/h3-6,9-10H,7-8H2,1-2H3,(H,17,18). The van der Waals surface area contributed by atoms with Gasteiger partial charge in [-0.3, -0.25) is 4.31 Å².